The summed E-state index contributed by atoms with van der Waals surface area (Å²) >= 11 is 0. The number of amides is 1. The highest BCUT2D eigenvalue weighted by atomic mass is 16.7. The van der Waals surface area contributed by atoms with Gasteiger partial charge >= 0.3 is 18.0 Å². The van der Waals surface area contributed by atoms with Crippen molar-refractivity contribution in [2.75, 3.05) is 19.5 Å². The number of nitrogens with one attached hydrogen (secondary N) is 1. The van der Waals surface area contributed by atoms with Crippen molar-refractivity contribution >= 4 is 29.9 Å². The van der Waals surface area contributed by atoms with E-state index in [1.54, 1.807) is 18.3 Å². The van der Waals surface area contributed by atoms with Crippen LogP contribution in [0.15, 0.2) is 47.9 Å². The first kappa shape index (κ1) is 18.6. The molecule has 0 saturated carbocycles. The number of oxime groups is 1. The molecule has 134 valence electrons. The van der Waals surface area contributed by atoms with E-state index in [0.29, 0.717) is 5.56 Å². The predicted octanol–water partition coefficient (Wildman–Crippen LogP) is 2.24. The topological polar surface area (TPSA) is 116 Å². The molecule has 0 bridgehead atoms. The average molecular weight is 357 g/mol. The summed E-state index contributed by atoms with van der Waals surface area (Å²) in [6.07, 6.45) is 3.52. The van der Waals surface area contributed by atoms with E-state index in [2.05, 4.69) is 29.8 Å². The van der Waals surface area contributed by atoms with Crippen molar-refractivity contribution in [1.29, 1.82) is 0 Å². The number of nitrogens with zero attached hydrogens (tertiary/aromatic N) is 2. The van der Waals surface area contributed by atoms with Crippen LogP contribution in [0.2, 0.25) is 0 Å². The van der Waals surface area contributed by atoms with E-state index in [4.69, 9.17) is 0 Å². The maximum atomic E-state index is 11.8. The molecule has 9 heteroatoms. The minimum Gasteiger partial charge on any atom is -0.465 e. The number of hydrogen-bond acceptors (Lipinski definition) is 8. The molecular weight excluding hydrogens is 342 g/mol. The van der Waals surface area contributed by atoms with Crippen molar-refractivity contribution in [2.45, 2.75) is 0 Å². The van der Waals surface area contributed by atoms with Crippen molar-refractivity contribution in [2.24, 2.45) is 5.16 Å². The van der Waals surface area contributed by atoms with E-state index in [-0.39, 0.29) is 16.8 Å². The van der Waals surface area contributed by atoms with Crippen LogP contribution in [0.25, 0.3) is 0 Å². The fourth-order valence-electron chi connectivity index (χ4n) is 1.90. The number of ether oxygens (including phenoxy) is 2. The molecule has 0 fully saturated rings. The van der Waals surface area contributed by atoms with Crippen molar-refractivity contribution in [3.8, 4) is 0 Å². The molecule has 0 aliphatic heterocycles. The zero-order valence-corrected chi connectivity index (χ0v) is 14.0. The molecule has 0 aliphatic rings. The third-order valence-electron chi connectivity index (χ3n) is 3.04. The highest BCUT2D eigenvalue weighted by molar-refractivity contribution is 5.98. The summed E-state index contributed by atoms with van der Waals surface area (Å²) in [5.41, 5.74) is 0.893. The summed E-state index contributed by atoms with van der Waals surface area (Å²) in [6.45, 7) is 0. The van der Waals surface area contributed by atoms with Gasteiger partial charge in [0.25, 0.3) is 0 Å². The minimum absolute atomic E-state index is 0.0598. The Morgan fingerprint density at radius 3 is 2.27 bits per heavy atom. The Morgan fingerprint density at radius 1 is 1.08 bits per heavy atom. The van der Waals surface area contributed by atoms with Crippen LogP contribution in [-0.2, 0) is 14.3 Å². The van der Waals surface area contributed by atoms with Gasteiger partial charge in [-0.15, -0.1) is 0 Å². The number of pyridine rings is 1. The highest BCUT2D eigenvalue weighted by Crippen LogP contribution is 2.17. The smallest absolute Gasteiger partial charge is 0.437 e. The third-order valence-corrected chi connectivity index (χ3v) is 3.04. The summed E-state index contributed by atoms with van der Waals surface area (Å²) in [4.78, 5) is 43.7. The lowest BCUT2D eigenvalue weighted by atomic mass is 10.1. The summed E-state index contributed by atoms with van der Waals surface area (Å²) in [7, 11) is 2.39. The van der Waals surface area contributed by atoms with Crippen molar-refractivity contribution in [1.82, 2.24) is 4.98 Å². The first-order valence-corrected chi connectivity index (χ1v) is 7.26. The molecule has 2 aromatic rings. The summed E-state index contributed by atoms with van der Waals surface area (Å²) in [5.74, 6) is -1.36. The van der Waals surface area contributed by atoms with Crippen LogP contribution in [0.1, 0.15) is 26.3 Å². The number of anilines is 1. The second-order valence-corrected chi connectivity index (χ2v) is 4.81. The first-order chi connectivity index (χ1) is 12.5. The Kier molecular flexibility index (Phi) is 6.38. The molecule has 0 atom stereocenters. The van der Waals surface area contributed by atoms with Gasteiger partial charge in [-0.25, -0.2) is 14.4 Å². The molecule has 0 aliphatic carbocycles. The van der Waals surface area contributed by atoms with Crippen LogP contribution in [0.5, 0.6) is 0 Å². The maximum Gasteiger partial charge on any atom is 0.437 e. The molecule has 0 spiro atoms. The lowest BCUT2D eigenvalue weighted by Gasteiger charge is -2.08. The van der Waals surface area contributed by atoms with Gasteiger partial charge in [-0.1, -0.05) is 11.2 Å². The Morgan fingerprint density at radius 2 is 1.73 bits per heavy atom. The lowest BCUT2D eigenvalue weighted by Crippen LogP contribution is -2.13. The van der Waals surface area contributed by atoms with Crippen LogP contribution >= 0.6 is 0 Å². The van der Waals surface area contributed by atoms with Gasteiger partial charge < -0.3 is 9.47 Å². The average Bonchev–Trinajstić information content (AvgIpc) is 2.67. The van der Waals surface area contributed by atoms with Gasteiger partial charge in [-0.05, 0) is 24.3 Å². The van der Waals surface area contributed by atoms with Crippen molar-refractivity contribution in [3.05, 3.63) is 59.4 Å². The van der Waals surface area contributed by atoms with Crippen LogP contribution in [-0.4, -0.2) is 43.5 Å². The summed E-state index contributed by atoms with van der Waals surface area (Å²) in [5, 5.41) is 5.89. The molecule has 26 heavy (non-hydrogen) atoms. The fourth-order valence-corrected chi connectivity index (χ4v) is 1.90. The van der Waals surface area contributed by atoms with Gasteiger partial charge in [0.2, 0.25) is 0 Å². The molecular formula is C17H15N3O6. The molecule has 1 heterocycles. The first-order valence-electron chi connectivity index (χ1n) is 7.26. The normalized spacial score (nSPS) is 10.2. The molecule has 1 aromatic carbocycles. The van der Waals surface area contributed by atoms with Gasteiger partial charge in [0.1, 0.15) is 0 Å². The molecule has 9 nitrogen and oxygen atoms in total. The molecule has 0 radical (unpaired) electrons. The zero-order chi connectivity index (χ0) is 18.9. The highest BCUT2D eigenvalue weighted by Gasteiger charge is 2.15. The number of benzene rings is 1. The van der Waals surface area contributed by atoms with Crippen LogP contribution in [0.4, 0.5) is 10.5 Å². The molecule has 1 N–H and O–H groups in total. The van der Waals surface area contributed by atoms with E-state index in [0.717, 1.165) is 0 Å². The van der Waals surface area contributed by atoms with E-state index < -0.39 is 18.0 Å². The maximum absolute atomic E-state index is 11.8. The van der Waals surface area contributed by atoms with Crippen LogP contribution in [0.3, 0.4) is 0 Å². The summed E-state index contributed by atoms with van der Waals surface area (Å²) < 4.78 is 9.23. The number of carbonyl (C=O) groups excluding carboxylic acids is 3. The van der Waals surface area contributed by atoms with E-state index >= 15 is 0 Å². The minimum atomic E-state index is -0.914. The molecule has 0 unspecified atom stereocenters. The van der Waals surface area contributed by atoms with E-state index in [1.165, 1.54) is 44.8 Å². The van der Waals surface area contributed by atoms with Crippen molar-refractivity contribution in [3.63, 3.8) is 0 Å². The second kappa shape index (κ2) is 8.92. The van der Waals surface area contributed by atoms with Gasteiger partial charge in [0.05, 0.1) is 31.6 Å². The molecule has 1 amide bonds. The quantitative estimate of drug-likeness (QED) is 0.377. The Hall–Kier alpha value is -3.75. The largest absolute Gasteiger partial charge is 0.465 e. The van der Waals surface area contributed by atoms with Gasteiger partial charge in [-0.2, -0.15) is 0 Å². The predicted molar refractivity (Wildman–Crippen MR) is 91.1 cm³/mol. The lowest BCUT2D eigenvalue weighted by molar-refractivity contribution is 0.0599. The number of esters is 2. The van der Waals surface area contributed by atoms with E-state index in [1.807, 2.05) is 0 Å². The van der Waals surface area contributed by atoms with Gasteiger partial charge in [0.15, 0.2) is 0 Å². The summed E-state index contributed by atoms with van der Waals surface area (Å²) in [6, 6.07) is 7.36. The standard InChI is InChI=1S/C17H15N3O6/c1-24-15(21)12-6-13(16(22)25-2)8-14(7-12)20-17(23)26-19-10-11-4-3-5-18-9-11/h3-10H,1-2H3,(H,20,23). The number of rotatable bonds is 5. The number of carbonyl (C=O) groups is 3. The van der Waals surface area contributed by atoms with E-state index in [9.17, 15) is 14.4 Å². The SMILES string of the molecule is COC(=O)c1cc(NC(=O)ON=Cc2cccnc2)cc(C(=O)OC)c1. The number of hydrogen-bond donors (Lipinski definition) is 1. The zero-order valence-electron chi connectivity index (χ0n) is 14.0. The second-order valence-electron chi connectivity index (χ2n) is 4.81. The Bertz CT molecular complexity index is 801. The Balaban J connectivity index is 2.11. The number of aromatic nitrogens is 1. The Labute approximate surface area is 148 Å². The molecule has 1 aromatic heterocycles. The van der Waals surface area contributed by atoms with Gasteiger partial charge in [-0.3, -0.25) is 15.1 Å². The van der Waals surface area contributed by atoms with Gasteiger partial charge in [0, 0.05) is 23.6 Å². The van der Waals surface area contributed by atoms with Crippen molar-refractivity contribution < 1.29 is 28.7 Å². The fraction of sp³-hybridized carbons (Fsp3) is 0.118. The van der Waals surface area contributed by atoms with Crippen LogP contribution in [0, 0.1) is 0 Å². The molecule has 2 rings (SSSR count). The number of methoxy groups -OCH3 is 2. The third kappa shape index (κ3) is 5.13. The monoisotopic (exact) mass is 357 g/mol. The van der Waals surface area contributed by atoms with Crippen LogP contribution < -0.4 is 5.32 Å². The molecule has 0 saturated heterocycles.